The third-order valence-corrected chi connectivity index (χ3v) is 6.33. The van der Waals surface area contributed by atoms with Crippen molar-refractivity contribution in [1.29, 1.82) is 0 Å². The Morgan fingerprint density at radius 1 is 1.03 bits per heavy atom. The summed E-state index contributed by atoms with van der Waals surface area (Å²) in [7, 11) is 0. The molecule has 0 heterocycles. The molecule has 4 nitrogen and oxygen atoms in total. The molecule has 1 saturated carbocycles. The number of amides is 2. The van der Waals surface area contributed by atoms with Gasteiger partial charge in [-0.3, -0.25) is 9.59 Å². The van der Waals surface area contributed by atoms with Crippen LogP contribution in [0.1, 0.15) is 43.7 Å². The van der Waals surface area contributed by atoms with Gasteiger partial charge in [0, 0.05) is 27.7 Å². The Hall–Kier alpha value is -1.75. The van der Waals surface area contributed by atoms with Crippen molar-refractivity contribution in [2.45, 2.75) is 57.7 Å². The van der Waals surface area contributed by atoms with Gasteiger partial charge in [-0.25, -0.2) is 0 Å². The number of benzene rings is 2. The molecule has 0 radical (unpaired) electrons. The van der Waals surface area contributed by atoms with Crippen molar-refractivity contribution >= 4 is 46.6 Å². The third-order valence-electron chi connectivity index (χ3n) is 5.49. The van der Waals surface area contributed by atoms with Crippen molar-refractivity contribution in [1.82, 2.24) is 10.2 Å². The molecule has 0 aliphatic heterocycles. The van der Waals surface area contributed by atoms with Gasteiger partial charge in [0.2, 0.25) is 11.8 Å². The Kier molecular flexibility index (Phi) is 8.04. The zero-order valence-electron chi connectivity index (χ0n) is 16.8. The molecule has 0 bridgehead atoms. The van der Waals surface area contributed by atoms with Gasteiger partial charge in [-0.05, 0) is 55.2 Å². The topological polar surface area (TPSA) is 49.4 Å². The van der Waals surface area contributed by atoms with E-state index in [1.165, 1.54) is 0 Å². The highest BCUT2D eigenvalue weighted by Gasteiger charge is 2.29. The van der Waals surface area contributed by atoms with Crippen LogP contribution < -0.4 is 5.32 Å². The molecular weight excluding hydrogens is 443 g/mol. The summed E-state index contributed by atoms with van der Waals surface area (Å²) in [5, 5.41) is 4.69. The largest absolute Gasteiger partial charge is 0.352 e. The van der Waals surface area contributed by atoms with E-state index >= 15 is 0 Å². The van der Waals surface area contributed by atoms with Gasteiger partial charge in [-0.2, -0.15) is 0 Å². The first kappa shape index (κ1) is 22.9. The summed E-state index contributed by atoms with van der Waals surface area (Å²) in [4.78, 5) is 27.7. The number of nitrogens with zero attached hydrogens (tertiary/aromatic N) is 1. The number of carbonyl (C=O) groups is 2. The summed E-state index contributed by atoms with van der Waals surface area (Å²) in [5.41, 5.74) is 1.58. The minimum absolute atomic E-state index is 0.142. The van der Waals surface area contributed by atoms with Crippen molar-refractivity contribution < 1.29 is 9.59 Å². The van der Waals surface area contributed by atoms with Crippen molar-refractivity contribution in [3.8, 4) is 0 Å². The molecule has 1 aliphatic rings. The van der Waals surface area contributed by atoms with Crippen molar-refractivity contribution in [3.63, 3.8) is 0 Å². The molecular formula is C23H25Cl3N2O2. The number of nitrogens with one attached hydrogen (secondary N) is 1. The molecule has 2 aromatic rings. The quantitative estimate of drug-likeness (QED) is 0.571. The summed E-state index contributed by atoms with van der Waals surface area (Å²) >= 11 is 18.3. The fourth-order valence-electron chi connectivity index (χ4n) is 3.69. The molecule has 0 saturated heterocycles. The van der Waals surface area contributed by atoms with Crippen LogP contribution in [0.15, 0.2) is 42.5 Å². The molecule has 7 heteroatoms. The van der Waals surface area contributed by atoms with Crippen LogP contribution in [0.2, 0.25) is 15.1 Å². The van der Waals surface area contributed by atoms with Crippen LogP contribution in [0.3, 0.4) is 0 Å². The summed E-state index contributed by atoms with van der Waals surface area (Å²) in [6.07, 6.45) is 4.39. The highest BCUT2D eigenvalue weighted by Crippen LogP contribution is 2.24. The fraction of sp³-hybridized carbons (Fsp3) is 0.391. The normalized spacial score (nSPS) is 15.1. The Bertz CT molecular complexity index is 896. The molecule has 1 aliphatic carbocycles. The smallest absolute Gasteiger partial charge is 0.242 e. The molecule has 160 valence electrons. The van der Waals surface area contributed by atoms with E-state index in [0.717, 1.165) is 36.8 Å². The zero-order valence-corrected chi connectivity index (χ0v) is 19.1. The zero-order chi connectivity index (χ0) is 21.7. The van der Waals surface area contributed by atoms with Crippen LogP contribution in [0, 0.1) is 0 Å². The maximum Gasteiger partial charge on any atom is 0.242 e. The predicted octanol–water partition coefficient (Wildman–Crippen LogP) is 5.67. The second kappa shape index (κ2) is 10.5. The van der Waals surface area contributed by atoms with Crippen molar-refractivity contribution in [3.05, 3.63) is 68.7 Å². The Balaban J connectivity index is 1.79. The van der Waals surface area contributed by atoms with E-state index in [2.05, 4.69) is 5.32 Å². The second-order valence-corrected chi connectivity index (χ2v) is 9.01. The maximum atomic E-state index is 13.2. The monoisotopic (exact) mass is 466 g/mol. The van der Waals surface area contributed by atoms with Gasteiger partial charge in [-0.1, -0.05) is 65.8 Å². The lowest BCUT2D eigenvalue weighted by Crippen LogP contribution is -2.50. The van der Waals surface area contributed by atoms with Crippen LogP contribution in [0.4, 0.5) is 0 Å². The summed E-state index contributed by atoms with van der Waals surface area (Å²) in [5.74, 6) is -0.297. The molecule has 0 aromatic heterocycles. The van der Waals surface area contributed by atoms with E-state index in [0.29, 0.717) is 15.1 Å². The molecule has 0 unspecified atom stereocenters. The average molecular weight is 468 g/mol. The highest BCUT2D eigenvalue weighted by molar-refractivity contribution is 6.35. The standard InChI is InChI=1S/C23H25Cl3N2O2/c1-15(23(30)27-20-4-2-3-5-20)28(14-17-8-11-19(25)13-21(17)26)22(29)12-16-6-9-18(24)10-7-16/h6-11,13,15,20H,2-5,12,14H2,1H3,(H,27,30)/t15-/m1/s1. The minimum Gasteiger partial charge on any atom is -0.352 e. The number of rotatable bonds is 7. The molecule has 1 atom stereocenters. The summed E-state index contributed by atoms with van der Waals surface area (Å²) in [6.45, 7) is 1.98. The van der Waals surface area contributed by atoms with E-state index in [1.54, 1.807) is 42.2 Å². The van der Waals surface area contributed by atoms with Crippen LogP contribution in [0.25, 0.3) is 0 Å². The van der Waals surface area contributed by atoms with Gasteiger partial charge >= 0.3 is 0 Å². The van der Waals surface area contributed by atoms with E-state index in [1.807, 2.05) is 12.1 Å². The SMILES string of the molecule is C[C@H](C(=O)NC1CCCC1)N(Cc1ccc(Cl)cc1Cl)C(=O)Cc1ccc(Cl)cc1. The number of carbonyl (C=O) groups excluding carboxylic acids is 2. The number of hydrogen-bond acceptors (Lipinski definition) is 2. The molecule has 30 heavy (non-hydrogen) atoms. The van der Waals surface area contributed by atoms with E-state index in [9.17, 15) is 9.59 Å². The average Bonchev–Trinajstić information content (AvgIpc) is 3.21. The van der Waals surface area contributed by atoms with Gasteiger partial charge in [0.05, 0.1) is 6.42 Å². The fourth-order valence-corrected chi connectivity index (χ4v) is 4.28. The van der Waals surface area contributed by atoms with E-state index < -0.39 is 6.04 Å². The molecule has 2 aromatic carbocycles. The molecule has 3 rings (SSSR count). The first-order valence-electron chi connectivity index (χ1n) is 10.1. The third kappa shape index (κ3) is 6.13. The van der Waals surface area contributed by atoms with Gasteiger partial charge < -0.3 is 10.2 Å². The molecule has 1 N–H and O–H groups in total. The number of halogens is 3. The minimum atomic E-state index is -0.628. The van der Waals surface area contributed by atoms with Crippen LogP contribution in [-0.4, -0.2) is 28.8 Å². The van der Waals surface area contributed by atoms with Crippen LogP contribution in [-0.2, 0) is 22.6 Å². The highest BCUT2D eigenvalue weighted by atomic mass is 35.5. The first-order valence-corrected chi connectivity index (χ1v) is 11.2. The van der Waals surface area contributed by atoms with Gasteiger partial charge in [0.1, 0.15) is 6.04 Å². The summed E-state index contributed by atoms with van der Waals surface area (Å²) < 4.78 is 0. The summed E-state index contributed by atoms with van der Waals surface area (Å²) in [6, 6.07) is 11.9. The molecule has 2 amide bonds. The Morgan fingerprint density at radius 3 is 2.30 bits per heavy atom. The lowest BCUT2D eigenvalue weighted by atomic mass is 10.1. The second-order valence-electron chi connectivity index (χ2n) is 7.73. The number of hydrogen-bond donors (Lipinski definition) is 1. The molecule has 1 fully saturated rings. The Morgan fingerprint density at radius 2 is 1.67 bits per heavy atom. The lowest BCUT2D eigenvalue weighted by molar-refractivity contribution is -0.140. The lowest BCUT2D eigenvalue weighted by Gasteiger charge is -2.30. The van der Waals surface area contributed by atoms with Gasteiger partial charge in [-0.15, -0.1) is 0 Å². The van der Waals surface area contributed by atoms with Crippen LogP contribution >= 0.6 is 34.8 Å². The van der Waals surface area contributed by atoms with Gasteiger partial charge in [0.25, 0.3) is 0 Å². The van der Waals surface area contributed by atoms with Crippen molar-refractivity contribution in [2.24, 2.45) is 0 Å². The first-order chi connectivity index (χ1) is 14.3. The van der Waals surface area contributed by atoms with Gasteiger partial charge in [0.15, 0.2) is 0 Å². The van der Waals surface area contributed by atoms with E-state index in [4.69, 9.17) is 34.8 Å². The van der Waals surface area contributed by atoms with E-state index in [-0.39, 0.29) is 30.8 Å². The molecule has 0 spiro atoms. The predicted molar refractivity (Wildman–Crippen MR) is 122 cm³/mol. The Labute approximate surface area is 192 Å². The maximum absolute atomic E-state index is 13.2. The van der Waals surface area contributed by atoms with Crippen molar-refractivity contribution in [2.75, 3.05) is 0 Å². The van der Waals surface area contributed by atoms with Crippen LogP contribution in [0.5, 0.6) is 0 Å².